The Morgan fingerprint density at radius 2 is 1.42 bits per heavy atom. The summed E-state index contributed by atoms with van der Waals surface area (Å²) in [4.78, 5) is 12.3. The second-order valence-corrected chi connectivity index (χ2v) is 7.37. The van der Waals surface area contributed by atoms with Crippen LogP contribution in [0.1, 0.15) is 16.7 Å². The van der Waals surface area contributed by atoms with E-state index in [0.717, 1.165) is 34.4 Å². The third-order valence-electron chi connectivity index (χ3n) is 5.18. The Morgan fingerprint density at radius 3 is 2.10 bits per heavy atom. The molecule has 5 heteroatoms. The van der Waals surface area contributed by atoms with Gasteiger partial charge in [-0.3, -0.25) is 4.79 Å². The van der Waals surface area contributed by atoms with E-state index < -0.39 is 0 Å². The molecule has 0 unspecified atom stereocenters. The third kappa shape index (κ3) is 5.79. The minimum atomic E-state index is -0.0320. The average molecular weight is 420 g/mol. The van der Waals surface area contributed by atoms with Gasteiger partial charge < -0.3 is 19.5 Å². The van der Waals surface area contributed by atoms with E-state index in [1.807, 2.05) is 24.3 Å². The van der Waals surface area contributed by atoms with Crippen molar-refractivity contribution in [3.05, 3.63) is 77.4 Å². The first-order valence-corrected chi connectivity index (χ1v) is 10.3. The van der Waals surface area contributed by atoms with Crippen molar-refractivity contribution in [1.82, 2.24) is 5.32 Å². The number of hydrogen-bond acceptors (Lipinski definition) is 4. The summed E-state index contributed by atoms with van der Waals surface area (Å²) in [5.41, 5.74) is 5.39. The fourth-order valence-corrected chi connectivity index (χ4v) is 3.45. The minimum Gasteiger partial charge on any atom is -0.496 e. The molecule has 3 aromatic rings. The molecule has 0 saturated heterocycles. The molecule has 0 bridgehead atoms. The van der Waals surface area contributed by atoms with Gasteiger partial charge in [-0.25, -0.2) is 0 Å². The van der Waals surface area contributed by atoms with E-state index >= 15 is 0 Å². The summed E-state index contributed by atoms with van der Waals surface area (Å²) in [7, 11) is 4.86. The van der Waals surface area contributed by atoms with Gasteiger partial charge in [-0.05, 0) is 48.2 Å². The van der Waals surface area contributed by atoms with E-state index in [2.05, 4.69) is 48.6 Å². The second-order valence-electron chi connectivity index (χ2n) is 7.37. The molecule has 0 radical (unpaired) electrons. The van der Waals surface area contributed by atoms with Crippen LogP contribution >= 0.6 is 0 Å². The van der Waals surface area contributed by atoms with Crippen LogP contribution in [0.4, 0.5) is 0 Å². The molecular weight excluding hydrogens is 390 g/mol. The Balaban J connectivity index is 1.57. The normalized spacial score (nSPS) is 10.5. The number of rotatable bonds is 9. The zero-order chi connectivity index (χ0) is 22.2. The van der Waals surface area contributed by atoms with E-state index in [1.165, 1.54) is 5.56 Å². The molecule has 0 saturated carbocycles. The van der Waals surface area contributed by atoms with Crippen molar-refractivity contribution in [2.24, 2.45) is 0 Å². The van der Waals surface area contributed by atoms with Gasteiger partial charge >= 0.3 is 0 Å². The van der Waals surface area contributed by atoms with Crippen LogP contribution in [0.15, 0.2) is 60.7 Å². The summed E-state index contributed by atoms with van der Waals surface area (Å²) in [6.45, 7) is 2.63. The number of nitrogens with one attached hydrogen (secondary N) is 1. The Hall–Kier alpha value is -3.47. The van der Waals surface area contributed by atoms with Gasteiger partial charge in [0.15, 0.2) is 11.5 Å². The Bertz CT molecular complexity index is 1030. The van der Waals surface area contributed by atoms with Gasteiger partial charge in [-0.2, -0.15) is 0 Å². The second kappa shape index (κ2) is 10.5. The highest BCUT2D eigenvalue weighted by molar-refractivity contribution is 5.78. The highest BCUT2D eigenvalue weighted by atomic mass is 16.5. The Morgan fingerprint density at radius 1 is 0.774 bits per heavy atom. The van der Waals surface area contributed by atoms with Crippen LogP contribution in [-0.2, 0) is 17.6 Å². The van der Waals surface area contributed by atoms with Crippen molar-refractivity contribution in [2.45, 2.75) is 19.8 Å². The SMILES string of the molecule is COc1ccc(CC(=O)NCCc2ccc(-c3ccc(C)cc3)c(OC)c2)cc1OC. The van der Waals surface area contributed by atoms with E-state index in [-0.39, 0.29) is 12.3 Å². The van der Waals surface area contributed by atoms with Gasteiger partial charge in [0.05, 0.1) is 27.8 Å². The van der Waals surface area contributed by atoms with Gasteiger partial charge in [-0.1, -0.05) is 48.0 Å². The molecule has 1 amide bonds. The molecule has 3 rings (SSSR count). The number of methoxy groups -OCH3 is 3. The Labute approximate surface area is 184 Å². The molecule has 0 heterocycles. The van der Waals surface area contributed by atoms with Crippen molar-refractivity contribution in [3.63, 3.8) is 0 Å². The maximum absolute atomic E-state index is 12.3. The standard InChI is InChI=1S/C26H29NO4/c1-18-5-9-21(10-6-18)22-11-7-19(15-24(22)30-3)13-14-27-26(28)17-20-8-12-23(29-2)25(16-20)31-4/h5-12,15-16H,13-14,17H2,1-4H3,(H,27,28). The maximum Gasteiger partial charge on any atom is 0.224 e. The van der Waals surface area contributed by atoms with Crippen molar-refractivity contribution in [3.8, 4) is 28.4 Å². The first kappa shape index (κ1) is 22.2. The smallest absolute Gasteiger partial charge is 0.224 e. The van der Waals surface area contributed by atoms with Crippen molar-refractivity contribution >= 4 is 5.91 Å². The summed E-state index contributed by atoms with van der Waals surface area (Å²) < 4.78 is 16.1. The summed E-state index contributed by atoms with van der Waals surface area (Å²) in [5.74, 6) is 2.07. The fraction of sp³-hybridized carbons (Fsp3) is 0.269. The lowest BCUT2D eigenvalue weighted by Crippen LogP contribution is -2.27. The monoisotopic (exact) mass is 419 g/mol. The molecule has 0 aromatic heterocycles. The van der Waals surface area contributed by atoms with Crippen LogP contribution in [0.25, 0.3) is 11.1 Å². The highest BCUT2D eigenvalue weighted by Gasteiger charge is 2.10. The lowest BCUT2D eigenvalue weighted by Gasteiger charge is -2.12. The predicted molar refractivity (Wildman–Crippen MR) is 123 cm³/mol. The van der Waals surface area contributed by atoms with Crippen LogP contribution in [0.3, 0.4) is 0 Å². The molecule has 0 fully saturated rings. The molecule has 0 atom stereocenters. The van der Waals surface area contributed by atoms with Gasteiger partial charge in [-0.15, -0.1) is 0 Å². The van der Waals surface area contributed by atoms with E-state index in [9.17, 15) is 4.79 Å². The predicted octanol–water partition coefficient (Wildman–Crippen LogP) is 4.59. The first-order chi connectivity index (χ1) is 15.0. The van der Waals surface area contributed by atoms with Crippen molar-refractivity contribution < 1.29 is 19.0 Å². The molecule has 0 aliphatic rings. The van der Waals surface area contributed by atoms with Crippen LogP contribution in [-0.4, -0.2) is 33.8 Å². The molecular formula is C26H29NO4. The quantitative estimate of drug-likeness (QED) is 0.551. The fourth-order valence-electron chi connectivity index (χ4n) is 3.45. The summed E-state index contributed by atoms with van der Waals surface area (Å²) in [6.07, 6.45) is 1.01. The number of ether oxygens (including phenoxy) is 3. The number of benzene rings is 3. The summed E-state index contributed by atoms with van der Waals surface area (Å²) in [5, 5.41) is 2.98. The van der Waals surface area contributed by atoms with E-state index in [4.69, 9.17) is 14.2 Å². The molecule has 3 aromatic carbocycles. The van der Waals surface area contributed by atoms with Gasteiger partial charge in [0.2, 0.25) is 5.91 Å². The van der Waals surface area contributed by atoms with Crippen LogP contribution < -0.4 is 19.5 Å². The molecule has 1 N–H and O–H groups in total. The van der Waals surface area contributed by atoms with E-state index in [1.54, 1.807) is 21.3 Å². The lowest BCUT2D eigenvalue weighted by molar-refractivity contribution is -0.120. The molecule has 31 heavy (non-hydrogen) atoms. The lowest BCUT2D eigenvalue weighted by atomic mass is 10.0. The number of carbonyl (C=O) groups is 1. The maximum atomic E-state index is 12.3. The van der Waals surface area contributed by atoms with Crippen molar-refractivity contribution in [2.75, 3.05) is 27.9 Å². The molecule has 0 aliphatic heterocycles. The Kier molecular flexibility index (Phi) is 7.55. The van der Waals surface area contributed by atoms with Crippen molar-refractivity contribution in [1.29, 1.82) is 0 Å². The van der Waals surface area contributed by atoms with Crippen LogP contribution in [0.5, 0.6) is 17.2 Å². The largest absolute Gasteiger partial charge is 0.496 e. The third-order valence-corrected chi connectivity index (χ3v) is 5.18. The minimum absolute atomic E-state index is 0.0320. The number of aryl methyl sites for hydroxylation is 1. The zero-order valence-corrected chi connectivity index (χ0v) is 18.5. The van der Waals surface area contributed by atoms with Gasteiger partial charge in [0.25, 0.3) is 0 Å². The molecule has 5 nitrogen and oxygen atoms in total. The molecule has 0 aliphatic carbocycles. The zero-order valence-electron chi connectivity index (χ0n) is 18.5. The highest BCUT2D eigenvalue weighted by Crippen LogP contribution is 2.31. The van der Waals surface area contributed by atoms with Gasteiger partial charge in [0, 0.05) is 12.1 Å². The molecule has 162 valence electrons. The number of carbonyl (C=O) groups excluding carboxylic acids is 1. The number of amides is 1. The first-order valence-electron chi connectivity index (χ1n) is 10.3. The summed E-state index contributed by atoms with van der Waals surface area (Å²) in [6, 6.07) is 20.1. The van der Waals surface area contributed by atoms with Crippen LogP contribution in [0, 0.1) is 6.92 Å². The van der Waals surface area contributed by atoms with Gasteiger partial charge in [0.1, 0.15) is 5.75 Å². The molecule has 0 spiro atoms. The number of hydrogen-bond donors (Lipinski definition) is 1. The topological polar surface area (TPSA) is 56.8 Å². The average Bonchev–Trinajstić information content (AvgIpc) is 2.79. The van der Waals surface area contributed by atoms with E-state index in [0.29, 0.717) is 18.0 Å². The van der Waals surface area contributed by atoms with Crippen LogP contribution in [0.2, 0.25) is 0 Å². The summed E-state index contributed by atoms with van der Waals surface area (Å²) >= 11 is 0.